The molecule has 166 valence electrons. The summed E-state index contributed by atoms with van der Waals surface area (Å²) in [6, 6.07) is 12.9. The maximum atomic E-state index is 14.0. The number of carbonyl (C=O) groups is 1. The predicted molar refractivity (Wildman–Crippen MR) is 120 cm³/mol. The Bertz CT molecular complexity index is 873. The first-order valence-electron chi connectivity index (χ1n) is 11.0. The van der Waals surface area contributed by atoms with Crippen molar-refractivity contribution >= 4 is 20.5 Å². The summed E-state index contributed by atoms with van der Waals surface area (Å²) < 4.78 is 33.7. The van der Waals surface area contributed by atoms with Gasteiger partial charge >= 0.3 is 0 Å². The van der Waals surface area contributed by atoms with Gasteiger partial charge in [0.2, 0.25) is 5.91 Å². The third-order valence-corrected chi connectivity index (χ3v) is 6.58. The van der Waals surface area contributed by atoms with Gasteiger partial charge in [-0.3, -0.25) is 9.69 Å². The molecule has 0 saturated carbocycles. The molecule has 2 aliphatic heterocycles. The second-order valence-electron chi connectivity index (χ2n) is 8.49. The van der Waals surface area contributed by atoms with Crippen molar-refractivity contribution < 1.29 is 18.3 Å². The van der Waals surface area contributed by atoms with Crippen LogP contribution in [0.1, 0.15) is 31.2 Å². The van der Waals surface area contributed by atoms with E-state index < -0.39 is 11.6 Å². The van der Waals surface area contributed by atoms with E-state index in [1.54, 1.807) is 0 Å². The average Bonchev–Trinajstić information content (AvgIpc) is 2.77. The molecule has 31 heavy (non-hydrogen) atoms. The van der Waals surface area contributed by atoms with Crippen molar-refractivity contribution in [2.45, 2.75) is 38.3 Å². The Hall–Kier alpha value is -2.04. The lowest BCUT2D eigenvalue weighted by atomic mass is 9.93. The molecule has 1 amide bonds. The summed E-state index contributed by atoms with van der Waals surface area (Å²) in [6.45, 7) is 3.91. The summed E-state index contributed by atoms with van der Waals surface area (Å²) >= 11 is 0. The zero-order valence-electron chi connectivity index (χ0n) is 17.6. The Morgan fingerprint density at radius 1 is 0.968 bits per heavy atom. The molecule has 1 unspecified atom stereocenters. The molecule has 0 radical (unpaired) electrons. The lowest BCUT2D eigenvalue weighted by molar-refractivity contribution is -0.139. The summed E-state index contributed by atoms with van der Waals surface area (Å²) in [6.07, 6.45) is 2.64. The molecule has 2 heterocycles. The highest BCUT2D eigenvalue weighted by Crippen LogP contribution is 2.27. The van der Waals surface area contributed by atoms with Gasteiger partial charge < -0.3 is 9.64 Å². The lowest BCUT2D eigenvalue weighted by Crippen LogP contribution is -2.47. The average molecular weight is 446 g/mol. The van der Waals surface area contributed by atoms with Gasteiger partial charge in [-0.15, -0.1) is 9.24 Å². The normalized spacial score (nSPS) is 18.9. The number of carbonyl (C=O) groups excluding carboxylic acids is 1. The maximum Gasteiger partial charge on any atom is 0.225 e. The molecule has 0 spiro atoms. The number of hydrogen-bond donors (Lipinski definition) is 0. The first kappa shape index (κ1) is 22.2. The second kappa shape index (κ2) is 10.1. The van der Waals surface area contributed by atoms with Crippen LogP contribution in [-0.2, 0) is 11.3 Å². The molecule has 0 N–H and O–H groups in total. The second-order valence-corrected chi connectivity index (χ2v) is 9.16. The molecule has 1 atom stereocenters. The molecule has 4 rings (SSSR count). The van der Waals surface area contributed by atoms with Gasteiger partial charge in [0.15, 0.2) is 17.4 Å². The molecular formula is C24H29F2N2O2P. The Morgan fingerprint density at radius 2 is 1.58 bits per heavy atom. The lowest BCUT2D eigenvalue weighted by Gasteiger charge is -2.37. The number of hydrogen-bond acceptors (Lipinski definition) is 3. The molecule has 0 bridgehead atoms. The van der Waals surface area contributed by atoms with Gasteiger partial charge in [-0.25, -0.2) is 8.78 Å². The minimum atomic E-state index is -0.689. The first-order valence-corrected chi connectivity index (χ1v) is 11.5. The summed E-state index contributed by atoms with van der Waals surface area (Å²) in [5.74, 6) is -1.42. The van der Waals surface area contributed by atoms with Crippen LogP contribution in [0, 0.1) is 17.6 Å². The molecule has 2 aromatic rings. The van der Waals surface area contributed by atoms with E-state index in [1.165, 1.54) is 17.7 Å². The smallest absolute Gasteiger partial charge is 0.225 e. The van der Waals surface area contributed by atoms with E-state index in [0.29, 0.717) is 31.2 Å². The minimum Gasteiger partial charge on any atom is -0.484 e. The van der Waals surface area contributed by atoms with Gasteiger partial charge in [0, 0.05) is 38.4 Å². The Labute approximate surface area is 184 Å². The van der Waals surface area contributed by atoms with Crippen molar-refractivity contribution in [2.75, 3.05) is 26.2 Å². The van der Waals surface area contributed by atoms with Crippen molar-refractivity contribution in [1.29, 1.82) is 0 Å². The molecule has 7 heteroatoms. The number of halogens is 2. The van der Waals surface area contributed by atoms with E-state index in [9.17, 15) is 13.6 Å². The van der Waals surface area contributed by atoms with E-state index in [4.69, 9.17) is 4.74 Å². The molecule has 4 nitrogen and oxygen atoms in total. The van der Waals surface area contributed by atoms with E-state index in [1.807, 2.05) is 11.0 Å². The minimum absolute atomic E-state index is 0.0639. The molecular weight excluding hydrogens is 417 g/mol. The highest BCUT2D eigenvalue weighted by Gasteiger charge is 2.32. The molecule has 0 aromatic heterocycles. The topological polar surface area (TPSA) is 32.8 Å². The SMILES string of the molecule is O=C(C1CCN(Cc2ccccc2)CC1)N1CCC(Oc2c(F)cc(P)cc2F)CC1. The third-order valence-electron chi connectivity index (χ3n) is 6.24. The number of amides is 1. The quantitative estimate of drug-likeness (QED) is 0.656. The van der Waals surface area contributed by atoms with Crippen molar-refractivity contribution in [2.24, 2.45) is 5.92 Å². The highest BCUT2D eigenvalue weighted by atomic mass is 31.0. The number of piperidine rings is 2. The standard InChI is InChI=1S/C24H29F2N2O2P/c25-21-14-20(31)15-22(26)23(21)30-19-8-12-28(13-9-19)24(29)18-6-10-27(11-7-18)16-17-4-2-1-3-5-17/h1-5,14-15,18-19H,6-13,16,31H2. The Balaban J connectivity index is 1.24. The van der Waals surface area contributed by atoms with E-state index in [0.717, 1.165) is 32.5 Å². The Kier molecular flexibility index (Phi) is 7.19. The van der Waals surface area contributed by atoms with Crippen LogP contribution in [0.4, 0.5) is 8.78 Å². The third kappa shape index (κ3) is 5.61. The fourth-order valence-corrected chi connectivity index (χ4v) is 4.78. The van der Waals surface area contributed by atoms with E-state index >= 15 is 0 Å². The number of likely N-dealkylation sites (tertiary alicyclic amines) is 2. The fourth-order valence-electron chi connectivity index (χ4n) is 4.49. The molecule has 0 aliphatic carbocycles. The first-order chi connectivity index (χ1) is 15.0. The molecule has 2 aliphatic rings. The van der Waals surface area contributed by atoms with Crippen LogP contribution in [0.3, 0.4) is 0 Å². The van der Waals surface area contributed by atoms with Gasteiger partial charge in [0.1, 0.15) is 6.10 Å². The van der Waals surface area contributed by atoms with Crippen LogP contribution in [0.5, 0.6) is 5.75 Å². The number of nitrogens with zero attached hydrogens (tertiary/aromatic N) is 2. The van der Waals surface area contributed by atoms with E-state index in [-0.39, 0.29) is 23.7 Å². The van der Waals surface area contributed by atoms with Crippen LogP contribution in [0.25, 0.3) is 0 Å². The van der Waals surface area contributed by atoms with E-state index in [2.05, 4.69) is 38.4 Å². The van der Waals surface area contributed by atoms with Gasteiger partial charge in [-0.1, -0.05) is 30.3 Å². The van der Waals surface area contributed by atoms with Crippen LogP contribution in [-0.4, -0.2) is 48.0 Å². The highest BCUT2D eigenvalue weighted by molar-refractivity contribution is 7.27. The van der Waals surface area contributed by atoms with Gasteiger partial charge in [0.25, 0.3) is 0 Å². The predicted octanol–water partition coefficient (Wildman–Crippen LogP) is 3.75. The zero-order valence-corrected chi connectivity index (χ0v) is 18.8. The van der Waals surface area contributed by atoms with Crippen LogP contribution >= 0.6 is 9.24 Å². The zero-order chi connectivity index (χ0) is 21.8. The summed E-state index contributed by atoms with van der Waals surface area (Å²) in [5, 5.41) is 0.442. The van der Waals surface area contributed by atoms with Crippen LogP contribution in [0.15, 0.2) is 42.5 Å². The number of ether oxygens (including phenoxy) is 1. The summed E-state index contributed by atoms with van der Waals surface area (Å²) in [7, 11) is 2.28. The molecule has 2 fully saturated rings. The molecule has 2 saturated heterocycles. The van der Waals surface area contributed by atoms with Crippen molar-refractivity contribution in [3.63, 3.8) is 0 Å². The van der Waals surface area contributed by atoms with Gasteiger partial charge in [-0.2, -0.15) is 0 Å². The maximum absolute atomic E-state index is 14.0. The van der Waals surface area contributed by atoms with Crippen molar-refractivity contribution in [3.05, 3.63) is 59.7 Å². The van der Waals surface area contributed by atoms with Crippen LogP contribution in [0.2, 0.25) is 0 Å². The molecule has 2 aromatic carbocycles. The monoisotopic (exact) mass is 446 g/mol. The van der Waals surface area contributed by atoms with Crippen molar-refractivity contribution in [3.8, 4) is 5.75 Å². The summed E-state index contributed by atoms with van der Waals surface area (Å²) in [5.41, 5.74) is 1.30. The van der Waals surface area contributed by atoms with Gasteiger partial charge in [-0.05, 0) is 48.9 Å². The largest absolute Gasteiger partial charge is 0.484 e. The Morgan fingerprint density at radius 3 is 2.19 bits per heavy atom. The fraction of sp³-hybridized carbons (Fsp3) is 0.458. The van der Waals surface area contributed by atoms with Gasteiger partial charge in [0.05, 0.1) is 0 Å². The van der Waals surface area contributed by atoms with Crippen LogP contribution < -0.4 is 10.0 Å². The number of rotatable bonds is 5. The summed E-state index contributed by atoms with van der Waals surface area (Å²) in [4.78, 5) is 17.3. The number of benzene rings is 2. The van der Waals surface area contributed by atoms with Crippen molar-refractivity contribution in [1.82, 2.24) is 9.80 Å².